The predicted molar refractivity (Wildman–Crippen MR) is 186 cm³/mol. The number of anilines is 2. The van der Waals surface area contributed by atoms with Crippen LogP contribution in [0, 0.1) is 24.1 Å². The third kappa shape index (κ3) is 8.56. The molecule has 4 rings (SSSR count). The smallest absolute Gasteiger partial charge is 0.303 e. The summed E-state index contributed by atoms with van der Waals surface area (Å²) in [4.78, 5) is 44.0. The Morgan fingerprint density at radius 3 is 2.17 bits per heavy atom. The standard InChI is InChI=1S/C34H42FN5O4S2/c1-3-39-31(38-20-18-37(19-21-38)26-15-13-25(35)14-16-26)27(24(2)28(23-36)32(39)43)22-29-33(44)40(34(45)46-29)17-11-9-7-5-4-6-8-10-12-30(41)42/h13-16,22H,3-12,17-21H2,1-2H3,(H,41,42)/b29-22+. The molecule has 1 aromatic heterocycles. The van der Waals surface area contributed by atoms with E-state index in [2.05, 4.69) is 15.9 Å². The number of carboxylic acids is 1. The quantitative estimate of drug-likeness (QED) is 0.133. The first-order chi connectivity index (χ1) is 22.2. The number of aliphatic carboxylic acids is 1. The molecule has 12 heteroatoms. The molecule has 3 heterocycles. The van der Waals surface area contributed by atoms with E-state index in [1.807, 2.05) is 6.92 Å². The van der Waals surface area contributed by atoms with Crippen molar-refractivity contribution in [3.8, 4) is 6.07 Å². The lowest BCUT2D eigenvalue weighted by Gasteiger charge is -2.39. The molecule has 1 N–H and O–H groups in total. The van der Waals surface area contributed by atoms with Gasteiger partial charge in [0.25, 0.3) is 11.5 Å². The van der Waals surface area contributed by atoms with Gasteiger partial charge in [0, 0.05) is 56.9 Å². The maximum absolute atomic E-state index is 13.6. The summed E-state index contributed by atoms with van der Waals surface area (Å²) < 4.78 is 15.6. The monoisotopic (exact) mass is 667 g/mol. The SMILES string of the molecule is CCn1c(N2CCN(c3ccc(F)cc3)CC2)c(/C=C2/SC(=S)N(CCCCCCCCCCC(=O)O)C2=O)c(C)c(C#N)c1=O. The maximum Gasteiger partial charge on any atom is 0.303 e. The van der Waals surface area contributed by atoms with Crippen LogP contribution in [0.25, 0.3) is 6.08 Å². The van der Waals surface area contributed by atoms with Crippen molar-refractivity contribution in [3.63, 3.8) is 0 Å². The van der Waals surface area contributed by atoms with Crippen molar-refractivity contribution in [3.05, 3.63) is 62.0 Å². The summed E-state index contributed by atoms with van der Waals surface area (Å²) in [5.74, 6) is -0.490. The van der Waals surface area contributed by atoms with Crippen molar-refractivity contribution in [2.75, 3.05) is 42.5 Å². The van der Waals surface area contributed by atoms with Crippen molar-refractivity contribution >= 4 is 57.8 Å². The molecule has 1 amide bonds. The molecule has 0 atom stereocenters. The van der Waals surface area contributed by atoms with Crippen molar-refractivity contribution in [1.82, 2.24) is 9.47 Å². The summed E-state index contributed by atoms with van der Waals surface area (Å²) in [5, 5.41) is 18.6. The van der Waals surface area contributed by atoms with Crippen LogP contribution in [0.4, 0.5) is 15.9 Å². The van der Waals surface area contributed by atoms with E-state index in [-0.39, 0.29) is 29.3 Å². The zero-order valence-corrected chi connectivity index (χ0v) is 28.2. The van der Waals surface area contributed by atoms with E-state index in [9.17, 15) is 24.0 Å². The van der Waals surface area contributed by atoms with E-state index in [1.165, 1.54) is 23.9 Å². The first-order valence-electron chi connectivity index (χ1n) is 16.1. The molecule has 0 bridgehead atoms. The number of hydrogen-bond donors (Lipinski definition) is 1. The fourth-order valence-electron chi connectivity index (χ4n) is 6.04. The highest BCUT2D eigenvalue weighted by molar-refractivity contribution is 8.26. The van der Waals surface area contributed by atoms with Crippen LogP contribution >= 0.6 is 24.0 Å². The Kier molecular flexibility index (Phi) is 12.8. The molecule has 2 aromatic rings. The molecule has 2 fully saturated rings. The number of piperazine rings is 1. The van der Waals surface area contributed by atoms with Gasteiger partial charge in [-0.3, -0.25) is 23.9 Å². The minimum Gasteiger partial charge on any atom is -0.481 e. The Hall–Kier alpha value is -3.69. The molecule has 2 aliphatic heterocycles. The van der Waals surface area contributed by atoms with E-state index >= 15 is 0 Å². The average molecular weight is 668 g/mol. The molecule has 0 aliphatic carbocycles. The third-order valence-electron chi connectivity index (χ3n) is 8.60. The van der Waals surface area contributed by atoms with Crippen molar-refractivity contribution < 1.29 is 19.1 Å². The summed E-state index contributed by atoms with van der Waals surface area (Å²) in [6.45, 7) is 7.07. The van der Waals surface area contributed by atoms with Crippen LogP contribution in [0.1, 0.15) is 81.4 Å². The molecule has 0 radical (unpaired) electrons. The lowest BCUT2D eigenvalue weighted by Crippen LogP contribution is -2.48. The normalized spacial score (nSPS) is 16.0. The van der Waals surface area contributed by atoms with Gasteiger partial charge >= 0.3 is 5.97 Å². The molecule has 2 aliphatic rings. The van der Waals surface area contributed by atoms with Crippen LogP contribution in [0.15, 0.2) is 34.0 Å². The topological polar surface area (TPSA) is 110 Å². The summed E-state index contributed by atoms with van der Waals surface area (Å²) in [6.07, 6.45) is 9.76. The number of carboxylic acid groups (broad SMARTS) is 1. The highest BCUT2D eigenvalue weighted by atomic mass is 32.2. The number of aromatic nitrogens is 1. The minimum absolute atomic E-state index is 0.0687. The van der Waals surface area contributed by atoms with Crippen molar-refractivity contribution in [1.29, 1.82) is 5.26 Å². The Labute approximate surface area is 279 Å². The second-order valence-electron chi connectivity index (χ2n) is 11.7. The van der Waals surface area contributed by atoms with Gasteiger partial charge in [0.2, 0.25) is 0 Å². The summed E-state index contributed by atoms with van der Waals surface area (Å²) in [5.41, 5.74) is 1.88. The lowest BCUT2D eigenvalue weighted by atomic mass is 10.0. The van der Waals surface area contributed by atoms with Crippen LogP contribution in [-0.2, 0) is 16.1 Å². The van der Waals surface area contributed by atoms with E-state index in [4.69, 9.17) is 17.3 Å². The summed E-state index contributed by atoms with van der Waals surface area (Å²) in [7, 11) is 0. The number of halogens is 1. The zero-order valence-electron chi connectivity index (χ0n) is 26.6. The Morgan fingerprint density at radius 1 is 1.00 bits per heavy atom. The summed E-state index contributed by atoms with van der Waals surface area (Å²) in [6, 6.07) is 8.51. The number of benzene rings is 1. The van der Waals surface area contributed by atoms with Crippen LogP contribution in [0.2, 0.25) is 0 Å². The van der Waals surface area contributed by atoms with Gasteiger partial charge < -0.3 is 14.9 Å². The number of nitrogens with zero attached hydrogens (tertiary/aromatic N) is 5. The fourth-order valence-corrected chi connectivity index (χ4v) is 7.33. The molecule has 246 valence electrons. The summed E-state index contributed by atoms with van der Waals surface area (Å²) >= 11 is 6.86. The molecular formula is C34H42FN5O4S2. The van der Waals surface area contributed by atoms with Gasteiger partial charge in [0.05, 0.1) is 4.91 Å². The Morgan fingerprint density at radius 2 is 1.59 bits per heavy atom. The maximum atomic E-state index is 13.6. The minimum atomic E-state index is -0.740. The number of thiocarbonyl (C=S) groups is 1. The first-order valence-corrected chi connectivity index (χ1v) is 17.3. The first kappa shape index (κ1) is 35.2. The number of hydrogen-bond acceptors (Lipinski definition) is 8. The van der Waals surface area contributed by atoms with E-state index in [0.717, 1.165) is 57.1 Å². The number of carbonyl (C=O) groups excluding carboxylic acids is 1. The average Bonchev–Trinajstić information content (AvgIpc) is 3.31. The molecule has 0 saturated carbocycles. The van der Waals surface area contributed by atoms with Crippen LogP contribution in [0.3, 0.4) is 0 Å². The molecule has 2 saturated heterocycles. The number of rotatable bonds is 15. The van der Waals surface area contributed by atoms with Crippen molar-refractivity contribution in [2.24, 2.45) is 0 Å². The van der Waals surface area contributed by atoms with Gasteiger partial charge in [-0.25, -0.2) is 4.39 Å². The molecular weight excluding hydrogens is 626 g/mol. The third-order valence-corrected chi connectivity index (χ3v) is 9.98. The number of thioether (sulfide) groups is 1. The van der Waals surface area contributed by atoms with E-state index < -0.39 is 5.97 Å². The van der Waals surface area contributed by atoms with Gasteiger partial charge in [0.1, 0.15) is 27.6 Å². The molecule has 0 unspecified atom stereocenters. The molecule has 0 spiro atoms. The van der Waals surface area contributed by atoms with Gasteiger partial charge in [0.15, 0.2) is 0 Å². The lowest BCUT2D eigenvalue weighted by molar-refractivity contribution is -0.137. The van der Waals surface area contributed by atoms with E-state index in [1.54, 1.807) is 34.6 Å². The van der Waals surface area contributed by atoms with Gasteiger partial charge in [-0.1, -0.05) is 62.5 Å². The van der Waals surface area contributed by atoms with Gasteiger partial charge in [-0.05, 0) is 62.6 Å². The van der Waals surface area contributed by atoms with Crippen LogP contribution in [0.5, 0.6) is 0 Å². The second kappa shape index (κ2) is 16.7. The Bertz CT molecular complexity index is 1560. The Balaban J connectivity index is 1.46. The number of nitriles is 1. The van der Waals surface area contributed by atoms with Gasteiger partial charge in [-0.15, -0.1) is 0 Å². The van der Waals surface area contributed by atoms with Crippen LogP contribution in [-0.4, -0.2) is 63.5 Å². The molecule has 46 heavy (non-hydrogen) atoms. The highest BCUT2D eigenvalue weighted by Gasteiger charge is 2.33. The van der Waals surface area contributed by atoms with Crippen molar-refractivity contribution in [2.45, 2.75) is 78.2 Å². The largest absolute Gasteiger partial charge is 0.481 e. The zero-order chi connectivity index (χ0) is 33.2. The van der Waals surface area contributed by atoms with Gasteiger partial charge in [-0.2, -0.15) is 5.26 Å². The fraction of sp³-hybridized carbons (Fsp3) is 0.500. The number of pyridine rings is 1. The van der Waals surface area contributed by atoms with E-state index in [0.29, 0.717) is 65.4 Å². The highest BCUT2D eigenvalue weighted by Crippen LogP contribution is 2.36. The van der Waals surface area contributed by atoms with Crippen LogP contribution < -0.4 is 15.4 Å². The second-order valence-corrected chi connectivity index (χ2v) is 13.3. The molecule has 1 aromatic carbocycles. The predicted octanol–water partition coefficient (Wildman–Crippen LogP) is 6.31. The number of amides is 1. The number of carbonyl (C=O) groups is 2. The number of unbranched alkanes of at least 4 members (excludes halogenated alkanes) is 7. The molecule has 9 nitrogen and oxygen atoms in total.